The maximum atomic E-state index is 13.2. The van der Waals surface area contributed by atoms with Crippen molar-refractivity contribution in [1.29, 1.82) is 0 Å². The smallest absolute Gasteiger partial charge is 0.165 e. The van der Waals surface area contributed by atoms with E-state index in [1.54, 1.807) is 0 Å². The van der Waals surface area contributed by atoms with Crippen molar-refractivity contribution in [3.05, 3.63) is 29.8 Å². The number of benzene rings is 1. The summed E-state index contributed by atoms with van der Waals surface area (Å²) < 4.78 is 31.4. The number of hydrogen-bond acceptors (Lipinski definition) is 2. The Morgan fingerprint density at radius 2 is 2.05 bits per heavy atom. The fourth-order valence-electron chi connectivity index (χ4n) is 1.82. The summed E-state index contributed by atoms with van der Waals surface area (Å²) in [5.41, 5.74) is 0. The summed E-state index contributed by atoms with van der Waals surface area (Å²) in [6.45, 7) is 5.75. The molecule has 4 heteroatoms. The first-order valence-electron chi connectivity index (χ1n) is 6.94. The van der Waals surface area contributed by atoms with Crippen LogP contribution in [0.2, 0.25) is 0 Å². The third-order valence-electron chi connectivity index (χ3n) is 2.93. The van der Waals surface area contributed by atoms with Gasteiger partial charge in [0.1, 0.15) is 5.82 Å². The predicted octanol–water partition coefficient (Wildman–Crippen LogP) is 3.90. The highest BCUT2D eigenvalue weighted by Gasteiger charge is 2.05. The van der Waals surface area contributed by atoms with Crippen LogP contribution in [0.25, 0.3) is 0 Å². The van der Waals surface area contributed by atoms with Gasteiger partial charge in [-0.05, 0) is 51.3 Å². The zero-order chi connectivity index (χ0) is 14.1. The van der Waals surface area contributed by atoms with Crippen LogP contribution in [0.5, 0.6) is 5.75 Å². The van der Waals surface area contributed by atoms with Crippen molar-refractivity contribution in [2.24, 2.45) is 0 Å². The van der Waals surface area contributed by atoms with Crippen LogP contribution in [0.1, 0.15) is 39.5 Å². The number of unbranched alkanes of at least 4 members (excludes halogenated alkanes) is 1. The van der Waals surface area contributed by atoms with Crippen molar-refractivity contribution >= 4 is 0 Å². The summed E-state index contributed by atoms with van der Waals surface area (Å²) in [5.74, 6) is -0.995. The summed E-state index contributed by atoms with van der Waals surface area (Å²) in [6, 6.07) is 3.75. The predicted molar refractivity (Wildman–Crippen MR) is 73.5 cm³/mol. The SMILES string of the molecule is CCCNC(C)CCCCOc1cc(F)ccc1F. The Labute approximate surface area is 114 Å². The van der Waals surface area contributed by atoms with Crippen LogP contribution in [0.3, 0.4) is 0 Å². The molecule has 0 aliphatic rings. The molecule has 0 heterocycles. The molecule has 0 bridgehead atoms. The molecule has 1 unspecified atom stereocenters. The molecule has 1 aromatic carbocycles. The van der Waals surface area contributed by atoms with Gasteiger partial charge in [0.15, 0.2) is 11.6 Å². The minimum Gasteiger partial charge on any atom is -0.490 e. The van der Waals surface area contributed by atoms with Gasteiger partial charge < -0.3 is 10.1 Å². The monoisotopic (exact) mass is 271 g/mol. The van der Waals surface area contributed by atoms with Crippen molar-refractivity contribution in [2.45, 2.75) is 45.6 Å². The van der Waals surface area contributed by atoms with Crippen molar-refractivity contribution in [3.8, 4) is 5.75 Å². The molecule has 1 aromatic rings. The van der Waals surface area contributed by atoms with Gasteiger partial charge in [-0.3, -0.25) is 0 Å². The largest absolute Gasteiger partial charge is 0.490 e. The highest BCUT2D eigenvalue weighted by atomic mass is 19.1. The molecule has 2 nitrogen and oxygen atoms in total. The molecular weight excluding hydrogens is 248 g/mol. The first kappa shape index (κ1) is 15.9. The summed E-state index contributed by atoms with van der Waals surface area (Å²) >= 11 is 0. The van der Waals surface area contributed by atoms with E-state index in [1.165, 1.54) is 0 Å². The Balaban J connectivity index is 2.15. The lowest BCUT2D eigenvalue weighted by Gasteiger charge is -2.13. The molecule has 0 radical (unpaired) electrons. The molecular formula is C15H23F2NO. The van der Waals surface area contributed by atoms with Crippen LogP contribution in [-0.4, -0.2) is 19.2 Å². The van der Waals surface area contributed by atoms with E-state index < -0.39 is 11.6 Å². The molecule has 0 saturated carbocycles. The van der Waals surface area contributed by atoms with Gasteiger partial charge in [0.25, 0.3) is 0 Å². The van der Waals surface area contributed by atoms with Crippen LogP contribution in [0.15, 0.2) is 18.2 Å². The zero-order valence-electron chi connectivity index (χ0n) is 11.7. The Hall–Kier alpha value is -1.16. The molecule has 0 amide bonds. The molecule has 1 rings (SSSR count). The fourth-order valence-corrected chi connectivity index (χ4v) is 1.82. The van der Waals surface area contributed by atoms with Gasteiger partial charge in [0, 0.05) is 12.1 Å². The minimum atomic E-state index is -0.514. The van der Waals surface area contributed by atoms with Crippen molar-refractivity contribution in [3.63, 3.8) is 0 Å². The highest BCUT2D eigenvalue weighted by molar-refractivity contribution is 5.24. The summed E-state index contributed by atoms with van der Waals surface area (Å²) in [7, 11) is 0. The van der Waals surface area contributed by atoms with Crippen molar-refractivity contribution in [1.82, 2.24) is 5.32 Å². The molecule has 0 fully saturated rings. The van der Waals surface area contributed by atoms with Crippen LogP contribution < -0.4 is 10.1 Å². The van der Waals surface area contributed by atoms with E-state index in [0.717, 1.165) is 50.4 Å². The number of ether oxygens (including phenoxy) is 1. The van der Waals surface area contributed by atoms with Gasteiger partial charge in [0.2, 0.25) is 0 Å². The second-order valence-corrected chi connectivity index (χ2v) is 4.77. The lowest BCUT2D eigenvalue weighted by molar-refractivity contribution is 0.286. The molecule has 0 aliphatic heterocycles. The maximum Gasteiger partial charge on any atom is 0.165 e. The van der Waals surface area contributed by atoms with E-state index in [4.69, 9.17) is 4.74 Å². The zero-order valence-corrected chi connectivity index (χ0v) is 11.7. The first-order chi connectivity index (χ1) is 9.13. The average molecular weight is 271 g/mol. The lowest BCUT2D eigenvalue weighted by atomic mass is 10.1. The lowest BCUT2D eigenvalue weighted by Crippen LogP contribution is -2.26. The van der Waals surface area contributed by atoms with Crippen LogP contribution in [0, 0.1) is 11.6 Å². The van der Waals surface area contributed by atoms with Gasteiger partial charge in [-0.1, -0.05) is 6.92 Å². The molecule has 108 valence electrons. The highest BCUT2D eigenvalue weighted by Crippen LogP contribution is 2.18. The van der Waals surface area contributed by atoms with Gasteiger partial charge in [-0.25, -0.2) is 8.78 Å². The second kappa shape index (κ2) is 8.86. The topological polar surface area (TPSA) is 21.3 Å². The molecule has 1 N–H and O–H groups in total. The standard InChI is InChI=1S/C15H23F2NO/c1-3-9-18-12(2)6-4-5-10-19-15-11-13(16)7-8-14(15)17/h7-8,11-12,18H,3-6,9-10H2,1-2H3. The Bertz CT molecular complexity index is 371. The Morgan fingerprint density at radius 3 is 2.79 bits per heavy atom. The first-order valence-corrected chi connectivity index (χ1v) is 6.94. The Kier molecular flexibility index (Phi) is 7.41. The number of rotatable bonds is 9. The third-order valence-corrected chi connectivity index (χ3v) is 2.93. The van der Waals surface area contributed by atoms with Crippen molar-refractivity contribution in [2.75, 3.05) is 13.2 Å². The molecule has 0 aromatic heterocycles. The van der Waals surface area contributed by atoms with E-state index in [0.29, 0.717) is 12.6 Å². The summed E-state index contributed by atoms with van der Waals surface area (Å²) in [4.78, 5) is 0. The van der Waals surface area contributed by atoms with E-state index >= 15 is 0 Å². The normalized spacial score (nSPS) is 12.4. The maximum absolute atomic E-state index is 13.2. The van der Waals surface area contributed by atoms with Crippen LogP contribution in [0.4, 0.5) is 8.78 Å². The average Bonchev–Trinajstić information content (AvgIpc) is 2.39. The van der Waals surface area contributed by atoms with Crippen molar-refractivity contribution < 1.29 is 13.5 Å². The van der Waals surface area contributed by atoms with E-state index in [2.05, 4.69) is 19.2 Å². The number of nitrogens with one attached hydrogen (secondary N) is 1. The van der Waals surface area contributed by atoms with Gasteiger partial charge >= 0.3 is 0 Å². The van der Waals surface area contributed by atoms with Gasteiger partial charge in [-0.2, -0.15) is 0 Å². The minimum absolute atomic E-state index is 0.00263. The van der Waals surface area contributed by atoms with E-state index in [9.17, 15) is 8.78 Å². The second-order valence-electron chi connectivity index (χ2n) is 4.77. The molecule has 19 heavy (non-hydrogen) atoms. The third kappa shape index (κ3) is 6.53. The van der Waals surface area contributed by atoms with Gasteiger partial charge in [-0.15, -0.1) is 0 Å². The quantitative estimate of drug-likeness (QED) is 0.688. The van der Waals surface area contributed by atoms with Crippen LogP contribution in [-0.2, 0) is 0 Å². The molecule has 0 spiro atoms. The fraction of sp³-hybridized carbons (Fsp3) is 0.600. The Morgan fingerprint density at radius 1 is 1.26 bits per heavy atom. The van der Waals surface area contributed by atoms with E-state index in [1.807, 2.05) is 0 Å². The van der Waals surface area contributed by atoms with Crippen LogP contribution >= 0.6 is 0 Å². The number of halogens is 2. The van der Waals surface area contributed by atoms with Gasteiger partial charge in [0.05, 0.1) is 6.61 Å². The summed E-state index contributed by atoms with van der Waals surface area (Å²) in [6.07, 6.45) is 4.05. The molecule has 1 atom stereocenters. The summed E-state index contributed by atoms with van der Waals surface area (Å²) in [5, 5.41) is 3.41. The number of hydrogen-bond donors (Lipinski definition) is 1. The molecule has 0 aliphatic carbocycles. The molecule has 0 saturated heterocycles. The van der Waals surface area contributed by atoms with E-state index in [-0.39, 0.29) is 5.75 Å².